The maximum atomic E-state index is 13.1. The molecule has 1 aliphatic rings. The van der Waals surface area contributed by atoms with Gasteiger partial charge in [-0.2, -0.15) is 13.9 Å². The van der Waals surface area contributed by atoms with Crippen LogP contribution in [-0.4, -0.2) is 22.9 Å². The van der Waals surface area contributed by atoms with E-state index in [0.717, 1.165) is 26.4 Å². The zero-order valence-corrected chi connectivity index (χ0v) is 8.00. The van der Waals surface area contributed by atoms with Crippen molar-refractivity contribution in [1.82, 2.24) is 15.1 Å². The van der Waals surface area contributed by atoms with Crippen molar-refractivity contribution in [2.24, 2.45) is 0 Å². The molecule has 1 N–H and O–H groups in total. The molecule has 0 aliphatic carbocycles. The molecule has 0 saturated carbocycles. The standard InChI is InChI=1S/C9H13F2N3/c1-9(10,11)8-3-5-13-14(8)7-2-4-12-6-7/h3,5,7,12H,2,4,6H2,1H3. The molecule has 1 unspecified atom stereocenters. The molecule has 0 aromatic carbocycles. The Hall–Kier alpha value is -0.970. The minimum Gasteiger partial charge on any atom is -0.315 e. The van der Waals surface area contributed by atoms with Gasteiger partial charge in [-0.3, -0.25) is 4.68 Å². The topological polar surface area (TPSA) is 29.9 Å². The molecule has 0 spiro atoms. The molecule has 78 valence electrons. The summed E-state index contributed by atoms with van der Waals surface area (Å²) in [6.07, 6.45) is 2.30. The molecule has 1 aromatic rings. The number of nitrogens with zero attached hydrogens (tertiary/aromatic N) is 2. The summed E-state index contributed by atoms with van der Waals surface area (Å²) >= 11 is 0. The molecular weight excluding hydrogens is 188 g/mol. The molecule has 1 fully saturated rings. The summed E-state index contributed by atoms with van der Waals surface area (Å²) in [6.45, 7) is 2.51. The molecule has 2 rings (SSSR count). The molecular formula is C9H13F2N3. The Bertz CT molecular complexity index is 310. The summed E-state index contributed by atoms with van der Waals surface area (Å²) in [5.41, 5.74) is 0.00574. The summed E-state index contributed by atoms with van der Waals surface area (Å²) in [7, 11) is 0. The lowest BCUT2D eigenvalue weighted by molar-refractivity contribution is 0.00640. The lowest BCUT2D eigenvalue weighted by Crippen LogP contribution is -2.21. The van der Waals surface area contributed by atoms with E-state index in [9.17, 15) is 8.78 Å². The highest BCUT2D eigenvalue weighted by Gasteiger charge is 2.31. The Morgan fingerprint density at radius 1 is 1.64 bits per heavy atom. The number of rotatable bonds is 2. The fourth-order valence-electron chi connectivity index (χ4n) is 1.80. The molecule has 3 nitrogen and oxygen atoms in total. The molecule has 0 radical (unpaired) electrons. The number of nitrogens with one attached hydrogen (secondary N) is 1. The first-order chi connectivity index (χ1) is 6.59. The molecule has 2 heterocycles. The lowest BCUT2D eigenvalue weighted by atomic mass is 10.2. The molecule has 0 amide bonds. The van der Waals surface area contributed by atoms with E-state index in [1.807, 2.05) is 0 Å². The van der Waals surface area contributed by atoms with E-state index in [-0.39, 0.29) is 11.7 Å². The van der Waals surface area contributed by atoms with Crippen LogP contribution < -0.4 is 5.32 Å². The van der Waals surface area contributed by atoms with E-state index >= 15 is 0 Å². The van der Waals surface area contributed by atoms with Crippen LogP contribution in [0.5, 0.6) is 0 Å². The van der Waals surface area contributed by atoms with Crippen LogP contribution in [0, 0.1) is 0 Å². The van der Waals surface area contributed by atoms with E-state index in [0.29, 0.717) is 0 Å². The summed E-state index contributed by atoms with van der Waals surface area (Å²) in [5, 5.41) is 7.09. The number of hydrogen-bond acceptors (Lipinski definition) is 2. The third-order valence-corrected chi connectivity index (χ3v) is 2.50. The molecule has 14 heavy (non-hydrogen) atoms. The van der Waals surface area contributed by atoms with Gasteiger partial charge in [0.25, 0.3) is 5.92 Å². The van der Waals surface area contributed by atoms with Gasteiger partial charge < -0.3 is 5.32 Å². The first-order valence-electron chi connectivity index (χ1n) is 4.71. The molecule has 1 aliphatic heterocycles. The van der Waals surface area contributed by atoms with Gasteiger partial charge in [0.1, 0.15) is 5.69 Å². The molecule has 1 saturated heterocycles. The van der Waals surface area contributed by atoms with Crippen molar-refractivity contribution in [3.05, 3.63) is 18.0 Å². The normalized spacial score (nSPS) is 22.9. The Balaban J connectivity index is 2.29. The zero-order valence-electron chi connectivity index (χ0n) is 8.00. The molecule has 5 heteroatoms. The van der Waals surface area contributed by atoms with Gasteiger partial charge in [0.2, 0.25) is 0 Å². The first kappa shape index (κ1) is 9.58. The van der Waals surface area contributed by atoms with Gasteiger partial charge in [-0.15, -0.1) is 0 Å². The van der Waals surface area contributed by atoms with Gasteiger partial charge in [0, 0.05) is 19.7 Å². The zero-order chi connectivity index (χ0) is 10.2. The summed E-state index contributed by atoms with van der Waals surface area (Å²) < 4.78 is 27.7. The molecule has 0 bridgehead atoms. The second-order valence-electron chi connectivity index (χ2n) is 3.70. The van der Waals surface area contributed by atoms with Gasteiger partial charge >= 0.3 is 0 Å². The monoisotopic (exact) mass is 201 g/mol. The van der Waals surface area contributed by atoms with Crippen LogP contribution >= 0.6 is 0 Å². The van der Waals surface area contributed by atoms with Crippen LogP contribution in [0.2, 0.25) is 0 Å². The minimum absolute atomic E-state index is 0.00574. The second kappa shape index (κ2) is 3.31. The Kier molecular flexibility index (Phi) is 2.26. The number of alkyl halides is 2. The van der Waals surface area contributed by atoms with Crippen molar-refractivity contribution in [2.45, 2.75) is 25.3 Å². The van der Waals surface area contributed by atoms with Crippen molar-refractivity contribution < 1.29 is 8.78 Å². The van der Waals surface area contributed by atoms with Crippen LogP contribution in [0.4, 0.5) is 8.78 Å². The van der Waals surface area contributed by atoms with E-state index in [2.05, 4.69) is 10.4 Å². The quantitative estimate of drug-likeness (QED) is 0.786. The maximum absolute atomic E-state index is 13.1. The first-order valence-corrected chi connectivity index (χ1v) is 4.71. The molecule has 1 atom stereocenters. The van der Waals surface area contributed by atoms with Crippen LogP contribution in [-0.2, 0) is 5.92 Å². The highest BCUT2D eigenvalue weighted by atomic mass is 19.3. The van der Waals surface area contributed by atoms with Crippen molar-refractivity contribution >= 4 is 0 Å². The number of hydrogen-bond donors (Lipinski definition) is 1. The third kappa shape index (κ3) is 1.64. The van der Waals surface area contributed by atoms with E-state index in [1.165, 1.54) is 16.9 Å². The number of aromatic nitrogens is 2. The second-order valence-corrected chi connectivity index (χ2v) is 3.70. The summed E-state index contributed by atoms with van der Waals surface area (Å²) in [4.78, 5) is 0. The Morgan fingerprint density at radius 3 is 3.00 bits per heavy atom. The van der Waals surface area contributed by atoms with Crippen molar-refractivity contribution in [3.63, 3.8) is 0 Å². The average molecular weight is 201 g/mol. The van der Waals surface area contributed by atoms with E-state index in [1.54, 1.807) is 0 Å². The Morgan fingerprint density at radius 2 is 2.43 bits per heavy atom. The smallest absolute Gasteiger partial charge is 0.286 e. The fraction of sp³-hybridized carbons (Fsp3) is 0.667. The van der Waals surface area contributed by atoms with E-state index in [4.69, 9.17) is 0 Å². The van der Waals surface area contributed by atoms with Crippen LogP contribution in [0.3, 0.4) is 0 Å². The summed E-state index contributed by atoms with van der Waals surface area (Å²) in [6, 6.07) is 1.46. The van der Waals surface area contributed by atoms with Gasteiger partial charge in [-0.1, -0.05) is 0 Å². The van der Waals surface area contributed by atoms with Gasteiger partial charge in [-0.25, -0.2) is 0 Å². The minimum atomic E-state index is -2.81. The largest absolute Gasteiger partial charge is 0.315 e. The lowest BCUT2D eigenvalue weighted by Gasteiger charge is -2.17. The Labute approximate surface area is 81.1 Å². The van der Waals surface area contributed by atoms with Crippen molar-refractivity contribution in [1.29, 1.82) is 0 Å². The van der Waals surface area contributed by atoms with Crippen molar-refractivity contribution in [3.8, 4) is 0 Å². The van der Waals surface area contributed by atoms with Crippen LogP contribution in [0.25, 0.3) is 0 Å². The van der Waals surface area contributed by atoms with Gasteiger partial charge in [-0.05, 0) is 19.0 Å². The van der Waals surface area contributed by atoms with E-state index < -0.39 is 5.92 Å². The summed E-state index contributed by atoms with van der Waals surface area (Å²) in [5.74, 6) is -2.81. The number of halogens is 2. The van der Waals surface area contributed by atoms with Gasteiger partial charge in [0.15, 0.2) is 0 Å². The fourth-order valence-corrected chi connectivity index (χ4v) is 1.80. The molecule has 1 aromatic heterocycles. The van der Waals surface area contributed by atoms with Crippen molar-refractivity contribution in [2.75, 3.05) is 13.1 Å². The van der Waals surface area contributed by atoms with Crippen LogP contribution in [0.1, 0.15) is 25.1 Å². The third-order valence-electron chi connectivity index (χ3n) is 2.50. The predicted molar refractivity (Wildman–Crippen MR) is 48.3 cm³/mol. The highest BCUT2D eigenvalue weighted by molar-refractivity contribution is 5.08. The maximum Gasteiger partial charge on any atom is 0.286 e. The average Bonchev–Trinajstić information content (AvgIpc) is 2.73. The highest BCUT2D eigenvalue weighted by Crippen LogP contribution is 2.29. The van der Waals surface area contributed by atoms with Crippen LogP contribution in [0.15, 0.2) is 12.3 Å². The predicted octanol–water partition coefficient (Wildman–Crippen LogP) is 1.53. The van der Waals surface area contributed by atoms with Gasteiger partial charge in [0.05, 0.1) is 6.04 Å². The SMILES string of the molecule is CC(F)(F)c1ccnn1C1CCNC1.